The molecule has 4 heterocycles. The topological polar surface area (TPSA) is 104 Å². The molecule has 2 aromatic rings. The number of nitrogens with zero attached hydrogens (tertiary/aromatic N) is 1. The van der Waals surface area contributed by atoms with Crippen molar-refractivity contribution in [3.8, 4) is 23.0 Å². The lowest BCUT2D eigenvalue weighted by atomic mass is 9.94. The average Bonchev–Trinajstić information content (AvgIpc) is 3.62. The van der Waals surface area contributed by atoms with Crippen molar-refractivity contribution < 1.29 is 38.4 Å². The van der Waals surface area contributed by atoms with Crippen molar-refractivity contribution in [2.45, 2.75) is 25.0 Å². The number of benzene rings is 2. The second kappa shape index (κ2) is 7.70. The summed E-state index contributed by atoms with van der Waals surface area (Å²) in [7, 11) is 0. The first-order valence-corrected chi connectivity index (χ1v) is 10.8. The number of carbonyl (C=O) groups is 2. The van der Waals surface area contributed by atoms with Crippen molar-refractivity contribution in [3.05, 3.63) is 53.1 Å². The van der Waals surface area contributed by atoms with Crippen LogP contribution in [0.5, 0.6) is 23.0 Å². The molecule has 2 atom stereocenters. The van der Waals surface area contributed by atoms with Crippen LogP contribution >= 0.6 is 0 Å². The van der Waals surface area contributed by atoms with Crippen LogP contribution in [0.2, 0.25) is 0 Å². The van der Waals surface area contributed by atoms with Gasteiger partial charge in [0.2, 0.25) is 13.6 Å². The first-order valence-electron chi connectivity index (χ1n) is 10.8. The molecule has 4 aliphatic rings. The molecule has 0 aliphatic carbocycles. The molecule has 0 radical (unpaired) electrons. The highest BCUT2D eigenvalue weighted by atomic mass is 16.7. The number of fused-ring (bicyclic) bond motifs is 2. The Morgan fingerprint density at radius 1 is 0.939 bits per heavy atom. The van der Waals surface area contributed by atoms with Crippen LogP contribution < -0.4 is 18.9 Å². The van der Waals surface area contributed by atoms with Crippen molar-refractivity contribution in [1.29, 1.82) is 0 Å². The monoisotopic (exact) mass is 451 g/mol. The van der Waals surface area contributed by atoms with Gasteiger partial charge in [-0.25, -0.2) is 0 Å². The molecule has 2 saturated heterocycles. The molecule has 6 rings (SSSR count). The van der Waals surface area contributed by atoms with Gasteiger partial charge in [-0.3, -0.25) is 9.59 Å². The molecular weight excluding hydrogens is 430 g/mol. The van der Waals surface area contributed by atoms with E-state index in [2.05, 4.69) is 0 Å². The third-order valence-corrected chi connectivity index (χ3v) is 6.32. The normalized spacial score (nSPS) is 24.7. The number of rotatable bonds is 4. The molecule has 0 saturated carbocycles. The van der Waals surface area contributed by atoms with E-state index in [1.54, 1.807) is 36.4 Å². The van der Waals surface area contributed by atoms with Gasteiger partial charge in [0.05, 0.1) is 17.7 Å². The zero-order valence-electron chi connectivity index (χ0n) is 17.6. The van der Waals surface area contributed by atoms with E-state index in [0.717, 1.165) is 12.8 Å². The van der Waals surface area contributed by atoms with E-state index in [-0.39, 0.29) is 37.6 Å². The summed E-state index contributed by atoms with van der Waals surface area (Å²) in [5.41, 5.74) is 1.01. The van der Waals surface area contributed by atoms with Crippen molar-refractivity contribution in [3.63, 3.8) is 0 Å². The van der Waals surface area contributed by atoms with Gasteiger partial charge in [-0.05, 0) is 48.7 Å². The fourth-order valence-electron chi connectivity index (χ4n) is 4.71. The number of likely N-dealkylation sites (tertiary alicyclic amines) is 1. The average molecular weight is 451 g/mol. The lowest BCUT2D eigenvalue weighted by Gasteiger charge is -2.27. The number of hydrogen-bond acceptors (Lipinski definition) is 8. The maximum atomic E-state index is 13.2. The van der Waals surface area contributed by atoms with Crippen LogP contribution in [0.25, 0.3) is 5.76 Å². The molecule has 2 aromatic carbocycles. The minimum Gasteiger partial charge on any atom is -0.507 e. The highest BCUT2D eigenvalue weighted by molar-refractivity contribution is 6.46. The highest BCUT2D eigenvalue weighted by Gasteiger charge is 2.47. The summed E-state index contributed by atoms with van der Waals surface area (Å²) in [4.78, 5) is 27.8. The molecule has 170 valence electrons. The van der Waals surface area contributed by atoms with E-state index in [1.807, 2.05) is 0 Å². The molecule has 1 amide bonds. The van der Waals surface area contributed by atoms with Crippen LogP contribution in [0.15, 0.2) is 42.0 Å². The molecule has 0 spiro atoms. The zero-order valence-corrected chi connectivity index (χ0v) is 17.6. The van der Waals surface area contributed by atoms with Gasteiger partial charge >= 0.3 is 0 Å². The second-order valence-electron chi connectivity index (χ2n) is 8.27. The summed E-state index contributed by atoms with van der Waals surface area (Å²) in [6.07, 6.45) is 1.55. The quantitative estimate of drug-likeness (QED) is 0.430. The number of carbonyl (C=O) groups excluding carboxylic acids is 2. The molecule has 0 unspecified atom stereocenters. The molecular formula is C24H21NO8. The van der Waals surface area contributed by atoms with Gasteiger partial charge in [-0.15, -0.1) is 0 Å². The van der Waals surface area contributed by atoms with Crippen molar-refractivity contribution in [2.75, 3.05) is 26.7 Å². The van der Waals surface area contributed by atoms with Gasteiger partial charge in [0, 0.05) is 18.7 Å². The molecule has 0 bridgehead atoms. The van der Waals surface area contributed by atoms with Gasteiger partial charge in [0.1, 0.15) is 5.76 Å². The van der Waals surface area contributed by atoms with Crippen molar-refractivity contribution in [2.24, 2.45) is 0 Å². The Bertz CT molecular complexity index is 1180. The minimum absolute atomic E-state index is 0.00993. The summed E-state index contributed by atoms with van der Waals surface area (Å²) in [6, 6.07) is 9.36. The van der Waals surface area contributed by atoms with E-state index in [1.165, 1.54) is 4.90 Å². The number of Topliss-reactive ketones (excluding diaryl/α,β-unsaturated/α-hetero) is 1. The second-order valence-corrected chi connectivity index (χ2v) is 8.27. The van der Waals surface area contributed by atoms with Crippen LogP contribution in [0.3, 0.4) is 0 Å². The van der Waals surface area contributed by atoms with E-state index in [4.69, 9.17) is 23.7 Å². The third kappa shape index (κ3) is 3.27. The molecule has 9 nitrogen and oxygen atoms in total. The molecule has 2 fully saturated rings. The number of hydrogen-bond donors (Lipinski definition) is 1. The molecule has 1 N–H and O–H groups in total. The molecule has 9 heteroatoms. The fraction of sp³-hybridized carbons (Fsp3) is 0.333. The largest absolute Gasteiger partial charge is 0.507 e. The van der Waals surface area contributed by atoms with E-state index in [0.29, 0.717) is 40.7 Å². The van der Waals surface area contributed by atoms with E-state index in [9.17, 15) is 14.7 Å². The first kappa shape index (κ1) is 19.9. The maximum absolute atomic E-state index is 13.2. The van der Waals surface area contributed by atoms with E-state index < -0.39 is 17.7 Å². The van der Waals surface area contributed by atoms with Crippen molar-refractivity contribution >= 4 is 17.4 Å². The van der Waals surface area contributed by atoms with Gasteiger partial charge in [0.15, 0.2) is 23.0 Å². The standard InChI is InChI=1S/C24H21NO8/c26-22(14-4-6-17-19(9-14)33-12-31-17)20-21(13-3-5-16-18(8-13)32-11-30-16)25(24(28)23(20)27)10-15-2-1-7-29-15/h3-6,8-9,15,21,26H,1-2,7,10-12H2/t15-,21-/m0/s1. The van der Waals surface area contributed by atoms with Gasteiger partial charge < -0.3 is 33.7 Å². The number of aliphatic hydroxyl groups is 1. The Morgan fingerprint density at radius 3 is 2.36 bits per heavy atom. The summed E-state index contributed by atoms with van der Waals surface area (Å²) in [5.74, 6) is 0.444. The Hall–Kier alpha value is -3.72. The van der Waals surface area contributed by atoms with Gasteiger partial charge in [-0.1, -0.05) is 6.07 Å². The number of amides is 1. The first-order chi connectivity index (χ1) is 16.1. The van der Waals surface area contributed by atoms with Gasteiger partial charge in [0.25, 0.3) is 11.7 Å². The number of ketones is 1. The SMILES string of the molecule is O=C1C(=O)N(C[C@@H]2CCCO2)[C@@H](c2ccc3c(c2)OCO3)C1=C(O)c1ccc2c(c1)OCO2. The fourth-order valence-corrected chi connectivity index (χ4v) is 4.71. The molecule has 4 aliphatic heterocycles. The third-order valence-electron chi connectivity index (χ3n) is 6.32. The zero-order chi connectivity index (χ0) is 22.5. The molecule has 0 aromatic heterocycles. The van der Waals surface area contributed by atoms with E-state index >= 15 is 0 Å². The number of ether oxygens (including phenoxy) is 5. The Kier molecular flexibility index (Phi) is 4.65. The summed E-state index contributed by atoms with van der Waals surface area (Å²) < 4.78 is 27.4. The molecule has 33 heavy (non-hydrogen) atoms. The van der Waals surface area contributed by atoms with Crippen LogP contribution in [0.1, 0.15) is 30.0 Å². The summed E-state index contributed by atoms with van der Waals surface area (Å²) in [5, 5.41) is 11.2. The van der Waals surface area contributed by atoms with Gasteiger partial charge in [-0.2, -0.15) is 0 Å². The Labute approximate surface area is 189 Å². The summed E-state index contributed by atoms with van der Waals surface area (Å²) in [6.45, 7) is 1.07. The van der Waals surface area contributed by atoms with Crippen LogP contribution in [0.4, 0.5) is 0 Å². The van der Waals surface area contributed by atoms with Crippen LogP contribution in [0, 0.1) is 0 Å². The highest BCUT2D eigenvalue weighted by Crippen LogP contribution is 2.44. The predicted octanol–water partition coefficient (Wildman–Crippen LogP) is 2.74. The Morgan fingerprint density at radius 2 is 1.64 bits per heavy atom. The maximum Gasteiger partial charge on any atom is 0.295 e. The van der Waals surface area contributed by atoms with Crippen LogP contribution in [-0.4, -0.2) is 54.5 Å². The van der Waals surface area contributed by atoms with Crippen LogP contribution in [-0.2, 0) is 14.3 Å². The predicted molar refractivity (Wildman–Crippen MR) is 113 cm³/mol. The smallest absolute Gasteiger partial charge is 0.295 e. The lowest BCUT2D eigenvalue weighted by Crippen LogP contribution is -2.36. The number of aliphatic hydroxyl groups excluding tert-OH is 1. The summed E-state index contributed by atoms with van der Waals surface area (Å²) >= 11 is 0. The minimum atomic E-state index is -0.797. The van der Waals surface area contributed by atoms with Crippen molar-refractivity contribution in [1.82, 2.24) is 4.90 Å². The lowest BCUT2D eigenvalue weighted by molar-refractivity contribution is -0.140. The Balaban J connectivity index is 1.46.